The molecule has 1 aliphatic rings. The molecule has 0 saturated carbocycles. The number of fused-ring (bicyclic) bond motifs is 2. The summed E-state index contributed by atoms with van der Waals surface area (Å²) in [4.78, 5) is 22.0. The number of benzene rings is 3. The van der Waals surface area contributed by atoms with Crippen LogP contribution in [-0.2, 0) is 11.2 Å². The van der Waals surface area contributed by atoms with E-state index in [9.17, 15) is 4.79 Å². The van der Waals surface area contributed by atoms with E-state index >= 15 is 0 Å². The summed E-state index contributed by atoms with van der Waals surface area (Å²) in [5.74, 6) is 0.745. The van der Waals surface area contributed by atoms with Crippen LogP contribution in [0.4, 0.5) is 11.4 Å². The maximum absolute atomic E-state index is 13.4. The number of anilines is 2. The second-order valence-corrected chi connectivity index (χ2v) is 9.30. The molecule has 34 heavy (non-hydrogen) atoms. The molecule has 0 fully saturated rings. The zero-order valence-electron chi connectivity index (χ0n) is 18.9. The number of para-hydroxylation sites is 3. The standard InChI is InChI=1S/C27H23Cl2N3O2/c1-31(2)27-18(14-25(33)32-10-11-34-24-9-4-3-8-23(24)32)16-30-26-21(6-5-7-22(26)27)17-12-19(28)15-20(29)13-17/h3-9,12-13,15-16H,10-11,14H2,1-2H3. The number of nitrogens with zero attached hydrogens (tertiary/aromatic N) is 3. The highest BCUT2D eigenvalue weighted by molar-refractivity contribution is 6.35. The van der Waals surface area contributed by atoms with Crippen LogP contribution in [0.5, 0.6) is 5.75 Å². The number of aromatic nitrogens is 1. The molecule has 0 aliphatic carbocycles. The van der Waals surface area contributed by atoms with E-state index in [2.05, 4.69) is 0 Å². The second-order valence-electron chi connectivity index (χ2n) is 8.42. The van der Waals surface area contributed by atoms with E-state index in [-0.39, 0.29) is 12.3 Å². The molecule has 0 bridgehead atoms. The third-order valence-corrected chi connectivity index (χ3v) is 6.37. The van der Waals surface area contributed by atoms with Crippen molar-refractivity contribution in [1.29, 1.82) is 0 Å². The number of halogens is 2. The molecule has 0 N–H and O–H groups in total. The van der Waals surface area contributed by atoms with E-state index < -0.39 is 0 Å². The summed E-state index contributed by atoms with van der Waals surface area (Å²) in [6.07, 6.45) is 2.04. The molecule has 4 aromatic rings. The summed E-state index contributed by atoms with van der Waals surface area (Å²) in [7, 11) is 3.96. The fourth-order valence-corrected chi connectivity index (χ4v) is 5.06. The molecule has 3 aromatic carbocycles. The van der Waals surface area contributed by atoms with Gasteiger partial charge in [-0.3, -0.25) is 9.78 Å². The van der Waals surface area contributed by atoms with Crippen molar-refractivity contribution >= 4 is 51.4 Å². The molecule has 1 amide bonds. The Balaban J connectivity index is 1.57. The Hall–Kier alpha value is -3.28. The predicted octanol–water partition coefficient (Wildman–Crippen LogP) is 6.24. The van der Waals surface area contributed by atoms with Crippen molar-refractivity contribution < 1.29 is 9.53 Å². The maximum atomic E-state index is 13.4. The smallest absolute Gasteiger partial charge is 0.231 e. The molecule has 0 unspecified atom stereocenters. The Labute approximate surface area is 208 Å². The predicted molar refractivity (Wildman–Crippen MR) is 140 cm³/mol. The Morgan fingerprint density at radius 2 is 1.82 bits per heavy atom. The molecule has 0 saturated heterocycles. The highest BCUT2D eigenvalue weighted by atomic mass is 35.5. The van der Waals surface area contributed by atoms with Gasteiger partial charge in [0, 0.05) is 46.9 Å². The molecule has 5 nitrogen and oxygen atoms in total. The zero-order valence-corrected chi connectivity index (χ0v) is 20.4. The number of rotatable bonds is 4. The van der Waals surface area contributed by atoms with Crippen molar-refractivity contribution in [3.8, 4) is 16.9 Å². The van der Waals surface area contributed by atoms with Gasteiger partial charge < -0.3 is 14.5 Å². The second kappa shape index (κ2) is 9.16. The Morgan fingerprint density at radius 1 is 1.06 bits per heavy atom. The van der Waals surface area contributed by atoms with Crippen LogP contribution in [-0.4, -0.2) is 38.1 Å². The highest BCUT2D eigenvalue weighted by Crippen LogP contribution is 2.37. The number of pyridine rings is 1. The fourth-order valence-electron chi connectivity index (χ4n) is 4.54. The first kappa shape index (κ1) is 22.5. The van der Waals surface area contributed by atoms with Crippen molar-refractivity contribution in [2.24, 2.45) is 0 Å². The van der Waals surface area contributed by atoms with E-state index in [0.29, 0.717) is 23.2 Å². The minimum Gasteiger partial charge on any atom is -0.490 e. The third kappa shape index (κ3) is 4.17. The number of ether oxygens (including phenoxy) is 1. The van der Waals surface area contributed by atoms with Crippen LogP contribution in [0.1, 0.15) is 5.56 Å². The first-order valence-electron chi connectivity index (χ1n) is 11.0. The van der Waals surface area contributed by atoms with Crippen LogP contribution in [0.15, 0.2) is 66.9 Å². The third-order valence-electron chi connectivity index (χ3n) is 5.94. The summed E-state index contributed by atoms with van der Waals surface area (Å²) in [6.45, 7) is 0.999. The van der Waals surface area contributed by atoms with E-state index in [1.54, 1.807) is 17.2 Å². The topological polar surface area (TPSA) is 45.7 Å². The van der Waals surface area contributed by atoms with Crippen LogP contribution in [0.25, 0.3) is 22.0 Å². The average Bonchev–Trinajstić information content (AvgIpc) is 2.82. The molecule has 1 aromatic heterocycles. The number of hydrogen-bond donors (Lipinski definition) is 0. The van der Waals surface area contributed by atoms with Gasteiger partial charge in [-0.2, -0.15) is 0 Å². The average molecular weight is 492 g/mol. The number of hydrogen-bond acceptors (Lipinski definition) is 4. The van der Waals surface area contributed by atoms with Crippen LogP contribution in [0.3, 0.4) is 0 Å². The van der Waals surface area contributed by atoms with E-state index in [1.807, 2.05) is 73.6 Å². The Kier molecular flexibility index (Phi) is 6.07. The SMILES string of the molecule is CN(C)c1c(CC(=O)N2CCOc3ccccc32)cnc2c(-c3cc(Cl)cc(Cl)c3)cccc12. The molecule has 1 aliphatic heterocycles. The number of carbonyl (C=O) groups is 1. The van der Waals surface area contributed by atoms with Gasteiger partial charge in [0.25, 0.3) is 0 Å². The van der Waals surface area contributed by atoms with Crippen LogP contribution < -0.4 is 14.5 Å². The Morgan fingerprint density at radius 3 is 2.59 bits per heavy atom. The van der Waals surface area contributed by atoms with Crippen LogP contribution in [0, 0.1) is 0 Å². The minimum atomic E-state index is 0.0118. The molecular formula is C27H23Cl2N3O2. The molecular weight excluding hydrogens is 469 g/mol. The summed E-state index contributed by atoms with van der Waals surface area (Å²) in [5.41, 5.74) is 5.30. The minimum absolute atomic E-state index is 0.0118. The van der Waals surface area contributed by atoms with Crippen molar-refractivity contribution in [3.05, 3.63) is 82.5 Å². The highest BCUT2D eigenvalue weighted by Gasteiger charge is 2.25. The van der Waals surface area contributed by atoms with E-state index in [0.717, 1.165) is 44.7 Å². The van der Waals surface area contributed by atoms with Gasteiger partial charge in [0.1, 0.15) is 12.4 Å². The summed E-state index contributed by atoms with van der Waals surface area (Å²) < 4.78 is 5.71. The monoisotopic (exact) mass is 491 g/mol. The molecule has 0 spiro atoms. The fraction of sp³-hybridized carbons (Fsp3) is 0.185. The molecule has 5 rings (SSSR count). The van der Waals surface area contributed by atoms with Gasteiger partial charge in [-0.15, -0.1) is 0 Å². The lowest BCUT2D eigenvalue weighted by Crippen LogP contribution is -2.39. The summed E-state index contributed by atoms with van der Waals surface area (Å²) in [6, 6.07) is 19.1. The quantitative estimate of drug-likeness (QED) is 0.338. The summed E-state index contributed by atoms with van der Waals surface area (Å²) in [5, 5.41) is 2.10. The van der Waals surface area contributed by atoms with Gasteiger partial charge in [-0.1, -0.05) is 53.5 Å². The van der Waals surface area contributed by atoms with E-state index in [1.165, 1.54) is 0 Å². The Bertz CT molecular complexity index is 1380. The number of amides is 1. The van der Waals surface area contributed by atoms with Crippen LogP contribution >= 0.6 is 23.2 Å². The lowest BCUT2D eigenvalue weighted by atomic mass is 9.98. The van der Waals surface area contributed by atoms with Gasteiger partial charge >= 0.3 is 0 Å². The van der Waals surface area contributed by atoms with Crippen molar-refractivity contribution in [1.82, 2.24) is 4.98 Å². The molecule has 172 valence electrons. The van der Waals surface area contributed by atoms with Gasteiger partial charge in [-0.05, 0) is 35.9 Å². The first-order valence-corrected chi connectivity index (χ1v) is 11.7. The lowest BCUT2D eigenvalue weighted by molar-refractivity contribution is -0.118. The molecule has 0 radical (unpaired) electrons. The van der Waals surface area contributed by atoms with Gasteiger partial charge in [0.05, 0.1) is 29.9 Å². The number of carbonyl (C=O) groups excluding carboxylic acids is 1. The lowest BCUT2D eigenvalue weighted by Gasteiger charge is -2.30. The summed E-state index contributed by atoms with van der Waals surface area (Å²) >= 11 is 12.5. The molecule has 0 atom stereocenters. The van der Waals surface area contributed by atoms with Gasteiger partial charge in [-0.25, -0.2) is 0 Å². The van der Waals surface area contributed by atoms with Crippen LogP contribution in [0.2, 0.25) is 10.0 Å². The van der Waals surface area contributed by atoms with Crippen molar-refractivity contribution in [3.63, 3.8) is 0 Å². The first-order chi connectivity index (χ1) is 16.4. The van der Waals surface area contributed by atoms with E-state index in [4.69, 9.17) is 32.9 Å². The zero-order chi connectivity index (χ0) is 23.8. The molecule has 7 heteroatoms. The van der Waals surface area contributed by atoms with Crippen molar-refractivity contribution in [2.75, 3.05) is 37.0 Å². The maximum Gasteiger partial charge on any atom is 0.231 e. The van der Waals surface area contributed by atoms with Gasteiger partial charge in [0.2, 0.25) is 5.91 Å². The molecule has 2 heterocycles. The normalized spacial score (nSPS) is 12.9. The largest absolute Gasteiger partial charge is 0.490 e. The van der Waals surface area contributed by atoms with Crippen molar-refractivity contribution in [2.45, 2.75) is 6.42 Å². The van der Waals surface area contributed by atoms with Gasteiger partial charge in [0.15, 0.2) is 0 Å².